The van der Waals surface area contributed by atoms with Crippen molar-refractivity contribution in [2.75, 3.05) is 12.3 Å². The van der Waals surface area contributed by atoms with Gasteiger partial charge in [0.1, 0.15) is 35.7 Å². The van der Waals surface area contributed by atoms with Crippen LogP contribution in [-0.2, 0) is 19.5 Å². The predicted octanol–water partition coefficient (Wildman–Crippen LogP) is 0.988. The number of aromatic nitrogens is 3. The molecule has 3 aromatic rings. The van der Waals surface area contributed by atoms with Gasteiger partial charge < -0.3 is 30.6 Å². The second-order valence-corrected chi connectivity index (χ2v) is 8.04. The highest BCUT2D eigenvalue weighted by Gasteiger charge is 2.43. The normalized spacial score (nSPS) is 26.1. The first-order valence-electron chi connectivity index (χ1n) is 10.1. The number of ether oxygens (including phenoxy) is 1. The van der Waals surface area contributed by atoms with E-state index in [9.17, 15) is 14.6 Å². The molecule has 0 amide bonds. The molecule has 8 nitrogen and oxygen atoms in total. The fraction of sp³-hybridized carbons (Fsp3) is 0.429. The third-order valence-electron chi connectivity index (χ3n) is 6.19. The van der Waals surface area contributed by atoms with Crippen LogP contribution in [-0.4, -0.2) is 49.6 Å². The van der Waals surface area contributed by atoms with E-state index in [1.54, 1.807) is 4.57 Å². The summed E-state index contributed by atoms with van der Waals surface area (Å²) in [5.74, 6) is 0.00234. The van der Waals surface area contributed by atoms with E-state index in [4.69, 9.17) is 10.5 Å². The molecule has 30 heavy (non-hydrogen) atoms. The molecule has 0 radical (unpaired) electrons. The second kappa shape index (κ2) is 7.50. The maximum Gasteiger partial charge on any atom is 0.154 e. The van der Waals surface area contributed by atoms with E-state index in [1.807, 2.05) is 12.1 Å². The van der Waals surface area contributed by atoms with Gasteiger partial charge in [-0.1, -0.05) is 12.1 Å². The van der Waals surface area contributed by atoms with Gasteiger partial charge in [0, 0.05) is 25.2 Å². The lowest BCUT2D eigenvalue weighted by Gasteiger charge is -2.24. The van der Waals surface area contributed by atoms with Gasteiger partial charge in [-0.15, -0.1) is 0 Å². The second-order valence-electron chi connectivity index (χ2n) is 8.04. The zero-order valence-electron chi connectivity index (χ0n) is 16.3. The molecule has 1 aliphatic heterocycles. The number of aliphatic hydroxyl groups excluding tert-OH is 2. The standard InChI is InChI=1S/C21H24FN5O3/c22-14-9-27(21-17(14)20(23)25-10-26-21)8-12-6-16(19(29)18(12)28)30-15-3-1-2-11-7-24-5-4-13(11)15/h1-3,9-10,12,16,18-19,24,28-29H,4-8H2,(H2,23,25,26)/t12-,16-,18-,19+/m0/s1. The van der Waals surface area contributed by atoms with Crippen LogP contribution >= 0.6 is 0 Å². The van der Waals surface area contributed by atoms with Crippen molar-refractivity contribution < 1.29 is 19.3 Å². The number of hydrogen-bond donors (Lipinski definition) is 4. The van der Waals surface area contributed by atoms with E-state index in [0.717, 1.165) is 30.8 Å². The van der Waals surface area contributed by atoms with Gasteiger partial charge in [-0.2, -0.15) is 0 Å². The van der Waals surface area contributed by atoms with Crippen molar-refractivity contribution in [2.24, 2.45) is 5.92 Å². The molecule has 5 N–H and O–H groups in total. The Morgan fingerprint density at radius 3 is 3.00 bits per heavy atom. The van der Waals surface area contributed by atoms with Crippen LogP contribution in [0.25, 0.3) is 11.0 Å². The Kier molecular flexibility index (Phi) is 4.80. The first kappa shape index (κ1) is 19.2. The Morgan fingerprint density at radius 1 is 1.27 bits per heavy atom. The fourth-order valence-corrected chi connectivity index (χ4v) is 4.64. The Hall–Kier alpha value is -2.75. The van der Waals surface area contributed by atoms with E-state index in [2.05, 4.69) is 21.4 Å². The van der Waals surface area contributed by atoms with E-state index in [0.29, 0.717) is 12.1 Å². The van der Waals surface area contributed by atoms with Crippen LogP contribution in [0.2, 0.25) is 0 Å². The number of aliphatic hydroxyl groups is 2. The Balaban J connectivity index is 1.37. The highest BCUT2D eigenvalue weighted by Crippen LogP contribution is 2.35. The van der Waals surface area contributed by atoms with Crippen molar-refractivity contribution in [2.45, 2.75) is 44.2 Å². The number of anilines is 1. The average molecular weight is 413 g/mol. The van der Waals surface area contributed by atoms with Crippen molar-refractivity contribution in [3.63, 3.8) is 0 Å². The lowest BCUT2D eigenvalue weighted by molar-refractivity contribution is -0.0197. The maximum absolute atomic E-state index is 14.3. The summed E-state index contributed by atoms with van der Waals surface area (Å²) in [7, 11) is 0. The third-order valence-corrected chi connectivity index (χ3v) is 6.19. The molecular formula is C21H24FN5O3. The molecule has 4 atom stereocenters. The minimum atomic E-state index is -1.03. The van der Waals surface area contributed by atoms with Crippen molar-refractivity contribution in [3.8, 4) is 5.75 Å². The third kappa shape index (κ3) is 3.19. The molecule has 1 aromatic carbocycles. The molecule has 2 aliphatic rings. The number of nitrogen functional groups attached to an aromatic ring is 1. The van der Waals surface area contributed by atoms with Crippen LogP contribution in [0.15, 0.2) is 30.7 Å². The van der Waals surface area contributed by atoms with Gasteiger partial charge in [0.25, 0.3) is 0 Å². The Labute approximate surface area is 172 Å². The molecule has 3 heterocycles. The van der Waals surface area contributed by atoms with Crippen LogP contribution < -0.4 is 15.8 Å². The molecule has 0 bridgehead atoms. The molecule has 0 saturated heterocycles. The van der Waals surface area contributed by atoms with Gasteiger partial charge in [-0.25, -0.2) is 14.4 Å². The zero-order chi connectivity index (χ0) is 20.8. The number of rotatable bonds is 4. The maximum atomic E-state index is 14.3. The molecular weight excluding hydrogens is 389 g/mol. The number of hydrogen-bond acceptors (Lipinski definition) is 7. The quantitative estimate of drug-likeness (QED) is 0.504. The minimum Gasteiger partial charge on any atom is -0.487 e. The highest BCUT2D eigenvalue weighted by atomic mass is 19.1. The predicted molar refractivity (Wildman–Crippen MR) is 108 cm³/mol. The van der Waals surface area contributed by atoms with Crippen molar-refractivity contribution in [1.29, 1.82) is 0 Å². The van der Waals surface area contributed by atoms with Crippen LogP contribution in [0.5, 0.6) is 5.75 Å². The molecule has 0 spiro atoms. The molecule has 1 fully saturated rings. The monoisotopic (exact) mass is 413 g/mol. The zero-order valence-corrected chi connectivity index (χ0v) is 16.3. The van der Waals surface area contributed by atoms with Crippen molar-refractivity contribution >= 4 is 16.9 Å². The number of nitrogens with two attached hydrogens (primary N) is 1. The summed E-state index contributed by atoms with van der Waals surface area (Å²) >= 11 is 0. The molecule has 2 aromatic heterocycles. The Morgan fingerprint density at radius 2 is 2.13 bits per heavy atom. The summed E-state index contributed by atoms with van der Waals surface area (Å²) in [6, 6.07) is 5.91. The number of nitrogens with zero attached hydrogens (tertiary/aromatic N) is 3. The first-order valence-corrected chi connectivity index (χ1v) is 10.1. The number of fused-ring (bicyclic) bond motifs is 2. The van der Waals surface area contributed by atoms with Gasteiger partial charge in [-0.3, -0.25) is 0 Å². The molecule has 1 aliphatic carbocycles. The van der Waals surface area contributed by atoms with E-state index in [-0.39, 0.29) is 23.7 Å². The van der Waals surface area contributed by atoms with Gasteiger partial charge >= 0.3 is 0 Å². The van der Waals surface area contributed by atoms with Crippen LogP contribution in [0, 0.1) is 11.7 Å². The smallest absolute Gasteiger partial charge is 0.154 e. The highest BCUT2D eigenvalue weighted by molar-refractivity contribution is 5.86. The number of nitrogens with one attached hydrogen (secondary N) is 1. The SMILES string of the molecule is Nc1ncnc2c1c(F)cn2C[C@@H]1C[C@H](Oc2cccc3c2CCNC3)[C@@H](O)[C@H]1O. The molecule has 158 valence electrons. The van der Waals surface area contributed by atoms with Crippen molar-refractivity contribution in [1.82, 2.24) is 19.9 Å². The summed E-state index contributed by atoms with van der Waals surface area (Å²) in [4.78, 5) is 7.97. The topological polar surface area (TPSA) is 118 Å². The van der Waals surface area contributed by atoms with Gasteiger partial charge in [-0.05, 0) is 36.6 Å². The van der Waals surface area contributed by atoms with E-state index in [1.165, 1.54) is 18.1 Å². The summed E-state index contributed by atoms with van der Waals surface area (Å²) in [6.45, 7) is 1.96. The van der Waals surface area contributed by atoms with Crippen molar-refractivity contribution in [3.05, 3.63) is 47.7 Å². The van der Waals surface area contributed by atoms with Crippen LogP contribution in [0.3, 0.4) is 0 Å². The average Bonchev–Trinajstić information content (AvgIpc) is 3.21. The van der Waals surface area contributed by atoms with E-state index >= 15 is 0 Å². The molecule has 9 heteroatoms. The van der Waals surface area contributed by atoms with Gasteiger partial charge in [0.15, 0.2) is 5.82 Å². The summed E-state index contributed by atoms with van der Waals surface area (Å²) in [5, 5.41) is 24.8. The van der Waals surface area contributed by atoms with Crippen LogP contribution in [0.4, 0.5) is 10.2 Å². The summed E-state index contributed by atoms with van der Waals surface area (Å²) in [5.41, 5.74) is 8.48. The largest absolute Gasteiger partial charge is 0.487 e. The number of halogens is 1. The molecule has 0 unspecified atom stereocenters. The van der Waals surface area contributed by atoms with Gasteiger partial charge in [0.05, 0.1) is 11.5 Å². The lowest BCUT2D eigenvalue weighted by Crippen LogP contribution is -2.35. The number of benzene rings is 1. The first-order chi connectivity index (χ1) is 14.5. The van der Waals surface area contributed by atoms with Gasteiger partial charge in [0.2, 0.25) is 0 Å². The molecule has 5 rings (SSSR count). The lowest BCUT2D eigenvalue weighted by atomic mass is 10.00. The molecule has 1 saturated carbocycles. The summed E-state index contributed by atoms with van der Waals surface area (Å²) < 4.78 is 22.1. The van der Waals surface area contributed by atoms with E-state index < -0.39 is 24.1 Å². The minimum absolute atomic E-state index is 0.0767. The van der Waals surface area contributed by atoms with Crippen LogP contribution in [0.1, 0.15) is 17.5 Å². The Bertz CT molecular complexity index is 1090. The fourth-order valence-electron chi connectivity index (χ4n) is 4.64. The summed E-state index contributed by atoms with van der Waals surface area (Å²) in [6.07, 6.45) is 1.33.